The first-order valence-corrected chi connectivity index (χ1v) is 7.47. The summed E-state index contributed by atoms with van der Waals surface area (Å²) >= 11 is 3.34. The van der Waals surface area contributed by atoms with Gasteiger partial charge in [0.2, 0.25) is 0 Å². The van der Waals surface area contributed by atoms with Gasteiger partial charge in [-0.1, -0.05) is 22.9 Å². The van der Waals surface area contributed by atoms with Crippen LogP contribution in [-0.4, -0.2) is 16.8 Å². The molecule has 1 atom stereocenters. The maximum absolute atomic E-state index is 13.5. The van der Waals surface area contributed by atoms with Gasteiger partial charge in [-0.2, -0.15) is 5.10 Å². The number of likely N-dealkylation sites (N-methyl/N-ethyl adjacent to an activating group) is 1. The molecule has 1 heterocycles. The van der Waals surface area contributed by atoms with E-state index in [1.807, 2.05) is 31.0 Å². The molecule has 2 aromatic rings. The zero-order chi connectivity index (χ0) is 14.7. The van der Waals surface area contributed by atoms with Crippen molar-refractivity contribution in [1.82, 2.24) is 15.1 Å². The van der Waals surface area contributed by atoms with Crippen LogP contribution < -0.4 is 5.32 Å². The van der Waals surface area contributed by atoms with Crippen LogP contribution in [0.3, 0.4) is 0 Å². The second-order valence-electron chi connectivity index (χ2n) is 4.88. The molecular formula is C15H19BrFN3. The molecule has 0 fully saturated rings. The van der Waals surface area contributed by atoms with Crippen LogP contribution in [0.4, 0.5) is 4.39 Å². The number of halogens is 2. The highest BCUT2D eigenvalue weighted by molar-refractivity contribution is 9.10. The number of hydrogen-bond acceptors (Lipinski definition) is 2. The summed E-state index contributed by atoms with van der Waals surface area (Å²) in [5, 5.41) is 7.77. The van der Waals surface area contributed by atoms with Gasteiger partial charge in [0.15, 0.2) is 0 Å². The van der Waals surface area contributed by atoms with Crippen LogP contribution in [0, 0.1) is 5.82 Å². The van der Waals surface area contributed by atoms with Gasteiger partial charge in [0.05, 0.1) is 5.69 Å². The van der Waals surface area contributed by atoms with Gasteiger partial charge in [0, 0.05) is 29.3 Å². The summed E-state index contributed by atoms with van der Waals surface area (Å²) in [6.07, 6.45) is 3.65. The first-order valence-electron chi connectivity index (χ1n) is 6.68. The van der Waals surface area contributed by atoms with E-state index in [0.29, 0.717) is 0 Å². The normalized spacial score (nSPS) is 12.7. The van der Waals surface area contributed by atoms with E-state index in [0.717, 1.165) is 28.6 Å². The van der Waals surface area contributed by atoms with E-state index in [9.17, 15) is 4.39 Å². The first-order chi connectivity index (χ1) is 9.53. The Balaban J connectivity index is 2.28. The maximum atomic E-state index is 13.5. The zero-order valence-electron chi connectivity index (χ0n) is 12.0. The Hall–Kier alpha value is -1.20. The topological polar surface area (TPSA) is 29.9 Å². The fraction of sp³-hybridized carbons (Fsp3) is 0.400. The molecule has 0 saturated heterocycles. The molecule has 1 unspecified atom stereocenters. The molecule has 0 aliphatic heterocycles. The van der Waals surface area contributed by atoms with Gasteiger partial charge in [-0.25, -0.2) is 4.39 Å². The Morgan fingerprint density at radius 3 is 2.75 bits per heavy atom. The average Bonchev–Trinajstić information content (AvgIpc) is 2.76. The molecule has 3 nitrogen and oxygen atoms in total. The van der Waals surface area contributed by atoms with Crippen LogP contribution in [0.15, 0.2) is 28.9 Å². The molecule has 20 heavy (non-hydrogen) atoms. The summed E-state index contributed by atoms with van der Waals surface area (Å²) in [7, 11) is 3.85. The van der Waals surface area contributed by atoms with Crippen molar-refractivity contribution in [3.8, 4) is 0 Å². The molecule has 2 rings (SSSR count). The maximum Gasteiger partial charge on any atom is 0.124 e. The molecule has 0 bridgehead atoms. The van der Waals surface area contributed by atoms with E-state index >= 15 is 0 Å². The molecule has 0 saturated carbocycles. The largest absolute Gasteiger partial charge is 0.313 e. The Morgan fingerprint density at radius 1 is 1.40 bits per heavy atom. The third-order valence-corrected chi connectivity index (χ3v) is 3.82. The number of aryl methyl sites for hydroxylation is 2. The van der Waals surface area contributed by atoms with E-state index in [4.69, 9.17) is 0 Å². The predicted octanol–water partition coefficient (Wildman–Crippen LogP) is 3.39. The summed E-state index contributed by atoms with van der Waals surface area (Å²) in [6, 6.07) is 5.14. The van der Waals surface area contributed by atoms with Crippen molar-refractivity contribution in [1.29, 1.82) is 0 Å². The van der Waals surface area contributed by atoms with E-state index in [1.54, 1.807) is 6.07 Å². The molecule has 1 aromatic heterocycles. The Morgan fingerprint density at radius 2 is 2.15 bits per heavy atom. The lowest BCUT2D eigenvalue weighted by Crippen LogP contribution is -2.19. The zero-order valence-corrected chi connectivity index (χ0v) is 13.5. The lowest BCUT2D eigenvalue weighted by molar-refractivity contribution is 0.579. The van der Waals surface area contributed by atoms with Crippen molar-refractivity contribution < 1.29 is 4.39 Å². The molecular weight excluding hydrogens is 321 g/mol. The standard InChI is InChI=1S/C15H19BrFN3/c1-4-14-13(9-20(3)19-14)15(18-2)7-10-5-11(16)8-12(17)6-10/h5-6,8-9,15,18H,4,7H2,1-3H3. The fourth-order valence-corrected chi connectivity index (χ4v) is 2.96. The van der Waals surface area contributed by atoms with Crippen LogP contribution in [0.5, 0.6) is 0 Å². The number of nitrogens with one attached hydrogen (secondary N) is 1. The molecule has 5 heteroatoms. The smallest absolute Gasteiger partial charge is 0.124 e. The lowest BCUT2D eigenvalue weighted by Gasteiger charge is -2.16. The van der Waals surface area contributed by atoms with Gasteiger partial charge in [-0.05, 0) is 43.7 Å². The van der Waals surface area contributed by atoms with E-state index in [2.05, 4.69) is 33.3 Å². The van der Waals surface area contributed by atoms with E-state index in [1.165, 1.54) is 11.6 Å². The number of rotatable bonds is 5. The Labute approximate surface area is 127 Å². The van der Waals surface area contributed by atoms with Crippen molar-refractivity contribution in [3.05, 3.63) is 51.5 Å². The lowest BCUT2D eigenvalue weighted by atomic mass is 9.98. The predicted molar refractivity (Wildman–Crippen MR) is 82.2 cm³/mol. The van der Waals surface area contributed by atoms with Crippen molar-refractivity contribution in [2.45, 2.75) is 25.8 Å². The van der Waals surface area contributed by atoms with Gasteiger partial charge in [0.25, 0.3) is 0 Å². The molecule has 1 N–H and O–H groups in total. The quantitative estimate of drug-likeness (QED) is 0.904. The van der Waals surface area contributed by atoms with E-state index in [-0.39, 0.29) is 11.9 Å². The number of hydrogen-bond donors (Lipinski definition) is 1. The molecule has 0 aliphatic rings. The minimum absolute atomic E-state index is 0.132. The molecule has 0 aliphatic carbocycles. The van der Waals surface area contributed by atoms with Gasteiger partial charge >= 0.3 is 0 Å². The Bertz CT molecular complexity index is 575. The fourth-order valence-electron chi connectivity index (χ4n) is 2.45. The van der Waals surface area contributed by atoms with Gasteiger partial charge < -0.3 is 5.32 Å². The summed E-state index contributed by atoms with van der Waals surface area (Å²) < 4.78 is 16.1. The van der Waals surface area contributed by atoms with Crippen LogP contribution in [0.25, 0.3) is 0 Å². The highest BCUT2D eigenvalue weighted by atomic mass is 79.9. The van der Waals surface area contributed by atoms with Crippen LogP contribution in [0.2, 0.25) is 0 Å². The molecule has 0 amide bonds. The Kier molecular flexibility index (Phi) is 4.94. The van der Waals surface area contributed by atoms with Crippen molar-refractivity contribution in [3.63, 3.8) is 0 Å². The molecule has 1 aromatic carbocycles. The summed E-state index contributed by atoms with van der Waals surface area (Å²) in [4.78, 5) is 0. The van der Waals surface area contributed by atoms with Crippen molar-refractivity contribution >= 4 is 15.9 Å². The molecule has 0 radical (unpaired) electrons. The third-order valence-electron chi connectivity index (χ3n) is 3.36. The van der Waals surface area contributed by atoms with Gasteiger partial charge in [-0.15, -0.1) is 0 Å². The van der Waals surface area contributed by atoms with Crippen molar-refractivity contribution in [2.24, 2.45) is 7.05 Å². The second-order valence-corrected chi connectivity index (χ2v) is 5.80. The van der Waals surface area contributed by atoms with Gasteiger partial charge in [0.1, 0.15) is 5.82 Å². The number of nitrogens with zero attached hydrogens (tertiary/aromatic N) is 2. The molecule has 0 spiro atoms. The van der Waals surface area contributed by atoms with Gasteiger partial charge in [-0.3, -0.25) is 4.68 Å². The summed E-state index contributed by atoms with van der Waals surface area (Å²) in [5.41, 5.74) is 3.22. The number of benzene rings is 1. The highest BCUT2D eigenvalue weighted by Crippen LogP contribution is 2.24. The third kappa shape index (κ3) is 3.46. The van der Waals surface area contributed by atoms with Crippen molar-refractivity contribution in [2.75, 3.05) is 7.05 Å². The minimum atomic E-state index is -0.217. The average molecular weight is 340 g/mol. The summed E-state index contributed by atoms with van der Waals surface area (Å²) in [5.74, 6) is -0.217. The SMILES string of the molecule is CCc1nn(C)cc1C(Cc1cc(F)cc(Br)c1)NC. The number of aromatic nitrogens is 2. The summed E-state index contributed by atoms with van der Waals surface area (Å²) in [6.45, 7) is 2.09. The highest BCUT2D eigenvalue weighted by Gasteiger charge is 2.17. The molecule has 108 valence electrons. The van der Waals surface area contributed by atoms with Crippen LogP contribution in [-0.2, 0) is 19.9 Å². The monoisotopic (exact) mass is 339 g/mol. The first kappa shape index (κ1) is 15.2. The van der Waals surface area contributed by atoms with E-state index < -0.39 is 0 Å². The second kappa shape index (κ2) is 6.50. The van der Waals surface area contributed by atoms with Crippen LogP contribution in [0.1, 0.15) is 29.8 Å². The van der Waals surface area contributed by atoms with Crippen LogP contribution >= 0.6 is 15.9 Å². The minimum Gasteiger partial charge on any atom is -0.313 e.